The normalized spacial score (nSPS) is 22.6. The van der Waals surface area contributed by atoms with Crippen molar-refractivity contribution in [1.29, 1.82) is 0 Å². The van der Waals surface area contributed by atoms with Crippen LogP contribution in [0.5, 0.6) is 0 Å². The smallest absolute Gasteiger partial charge is 0.146 e. The molecule has 6 nitrogen and oxygen atoms in total. The number of aromatic nitrogens is 5. The van der Waals surface area contributed by atoms with Gasteiger partial charge in [-0.3, -0.25) is 4.68 Å². The summed E-state index contributed by atoms with van der Waals surface area (Å²) in [5.41, 5.74) is 0. The minimum absolute atomic E-state index is 0.452. The molecule has 1 saturated carbocycles. The molecule has 3 rings (SSSR count). The largest absolute Gasteiger partial charge is 0.314 e. The van der Waals surface area contributed by atoms with E-state index in [9.17, 15) is 0 Å². The Labute approximate surface area is 125 Å². The quantitative estimate of drug-likeness (QED) is 0.915. The molecule has 1 N–H and O–H groups in total. The van der Waals surface area contributed by atoms with Gasteiger partial charge in [0.15, 0.2) is 0 Å². The Bertz CT molecular complexity index is 559. The number of nitrogens with zero attached hydrogens (tertiary/aromatic N) is 5. The van der Waals surface area contributed by atoms with E-state index >= 15 is 0 Å². The second kappa shape index (κ2) is 6.39. The Morgan fingerprint density at radius 1 is 1.29 bits per heavy atom. The highest BCUT2D eigenvalue weighted by Crippen LogP contribution is 2.28. The van der Waals surface area contributed by atoms with E-state index in [1.54, 1.807) is 0 Å². The standard InChI is InChI=1S/C15H24N6/c1-3-20-12(2)18-19-15(20)11-16-13-7-4-5-8-14(13)21-10-6-9-17-21/h6,9-10,13-14,16H,3-5,7-8,11H2,1-2H3/t13-,14-/m0/s1. The molecule has 0 aromatic carbocycles. The molecule has 0 amide bonds. The fourth-order valence-corrected chi connectivity index (χ4v) is 3.33. The topological polar surface area (TPSA) is 60.6 Å². The van der Waals surface area contributed by atoms with Gasteiger partial charge in [0.2, 0.25) is 0 Å². The van der Waals surface area contributed by atoms with E-state index in [0.29, 0.717) is 12.1 Å². The molecule has 114 valence electrons. The van der Waals surface area contributed by atoms with Crippen LogP contribution in [0, 0.1) is 6.92 Å². The van der Waals surface area contributed by atoms with E-state index in [1.165, 1.54) is 25.7 Å². The Hall–Kier alpha value is -1.69. The van der Waals surface area contributed by atoms with Crippen molar-refractivity contribution in [1.82, 2.24) is 29.9 Å². The molecule has 2 atom stereocenters. The van der Waals surface area contributed by atoms with Crippen LogP contribution in [0.3, 0.4) is 0 Å². The van der Waals surface area contributed by atoms with Gasteiger partial charge < -0.3 is 9.88 Å². The third kappa shape index (κ3) is 3.00. The molecule has 21 heavy (non-hydrogen) atoms. The molecule has 0 radical (unpaired) electrons. The Balaban J connectivity index is 1.67. The molecular formula is C15H24N6. The van der Waals surface area contributed by atoms with Crippen LogP contribution in [0.2, 0.25) is 0 Å². The van der Waals surface area contributed by atoms with Crippen LogP contribution in [0.1, 0.15) is 50.3 Å². The minimum atomic E-state index is 0.452. The average Bonchev–Trinajstić information content (AvgIpc) is 3.15. The van der Waals surface area contributed by atoms with Crippen LogP contribution in [0.15, 0.2) is 18.5 Å². The SMILES string of the molecule is CCn1c(C)nnc1CN[C@H]1CCCC[C@@H]1n1cccn1. The second-order valence-corrected chi connectivity index (χ2v) is 5.73. The highest BCUT2D eigenvalue weighted by molar-refractivity contribution is 4.95. The van der Waals surface area contributed by atoms with E-state index < -0.39 is 0 Å². The van der Waals surface area contributed by atoms with Crippen molar-refractivity contribution < 1.29 is 0 Å². The average molecular weight is 288 g/mol. The third-order valence-electron chi connectivity index (χ3n) is 4.45. The summed E-state index contributed by atoms with van der Waals surface area (Å²) in [7, 11) is 0. The lowest BCUT2D eigenvalue weighted by molar-refractivity contribution is 0.243. The second-order valence-electron chi connectivity index (χ2n) is 5.73. The van der Waals surface area contributed by atoms with Gasteiger partial charge in [-0.05, 0) is 32.8 Å². The van der Waals surface area contributed by atoms with Gasteiger partial charge in [0, 0.05) is 25.0 Å². The lowest BCUT2D eigenvalue weighted by atomic mass is 9.90. The summed E-state index contributed by atoms with van der Waals surface area (Å²) < 4.78 is 4.27. The maximum Gasteiger partial charge on any atom is 0.146 e. The number of aryl methyl sites for hydroxylation is 1. The number of hydrogen-bond donors (Lipinski definition) is 1. The number of hydrogen-bond acceptors (Lipinski definition) is 4. The molecule has 0 aliphatic heterocycles. The molecule has 1 fully saturated rings. The van der Waals surface area contributed by atoms with Crippen molar-refractivity contribution in [3.05, 3.63) is 30.1 Å². The molecule has 0 bridgehead atoms. The maximum absolute atomic E-state index is 4.43. The monoisotopic (exact) mass is 288 g/mol. The zero-order valence-corrected chi connectivity index (χ0v) is 12.9. The van der Waals surface area contributed by atoms with Crippen molar-refractivity contribution >= 4 is 0 Å². The van der Waals surface area contributed by atoms with Crippen molar-refractivity contribution in [2.24, 2.45) is 0 Å². The van der Waals surface area contributed by atoms with E-state index in [-0.39, 0.29) is 0 Å². The van der Waals surface area contributed by atoms with Crippen LogP contribution in [-0.4, -0.2) is 30.6 Å². The van der Waals surface area contributed by atoms with Gasteiger partial charge in [0.1, 0.15) is 11.6 Å². The summed E-state index contributed by atoms with van der Waals surface area (Å²) >= 11 is 0. The molecule has 1 aliphatic rings. The van der Waals surface area contributed by atoms with Crippen LogP contribution in [-0.2, 0) is 13.1 Å². The fourth-order valence-electron chi connectivity index (χ4n) is 3.33. The zero-order chi connectivity index (χ0) is 14.7. The summed E-state index contributed by atoms with van der Waals surface area (Å²) in [6.07, 6.45) is 8.90. The zero-order valence-electron chi connectivity index (χ0n) is 12.9. The van der Waals surface area contributed by atoms with Crippen molar-refractivity contribution in [2.75, 3.05) is 0 Å². The maximum atomic E-state index is 4.43. The first kappa shape index (κ1) is 14.3. The predicted molar refractivity (Wildman–Crippen MR) is 80.8 cm³/mol. The lowest BCUT2D eigenvalue weighted by Crippen LogP contribution is -2.40. The van der Waals surface area contributed by atoms with E-state index in [4.69, 9.17) is 0 Å². The highest BCUT2D eigenvalue weighted by atomic mass is 15.3. The van der Waals surface area contributed by atoms with Crippen molar-refractivity contribution in [3.8, 4) is 0 Å². The molecule has 2 aromatic rings. The number of rotatable bonds is 5. The molecule has 2 heterocycles. The molecule has 0 saturated heterocycles. The molecule has 0 unspecified atom stereocenters. The van der Waals surface area contributed by atoms with Gasteiger partial charge in [-0.2, -0.15) is 5.10 Å². The van der Waals surface area contributed by atoms with Crippen LogP contribution >= 0.6 is 0 Å². The minimum Gasteiger partial charge on any atom is -0.314 e. The van der Waals surface area contributed by atoms with Crippen molar-refractivity contribution in [2.45, 2.75) is 64.7 Å². The summed E-state index contributed by atoms with van der Waals surface area (Å²) in [5, 5.41) is 16.6. The molecule has 1 aliphatic carbocycles. The van der Waals surface area contributed by atoms with E-state index in [2.05, 4.69) is 43.0 Å². The first-order valence-electron chi connectivity index (χ1n) is 7.90. The van der Waals surface area contributed by atoms with Gasteiger partial charge in [-0.1, -0.05) is 12.8 Å². The summed E-state index contributed by atoms with van der Waals surface area (Å²) in [5.74, 6) is 2.02. The Morgan fingerprint density at radius 3 is 2.90 bits per heavy atom. The molecule has 0 spiro atoms. The van der Waals surface area contributed by atoms with Crippen molar-refractivity contribution in [3.63, 3.8) is 0 Å². The summed E-state index contributed by atoms with van der Waals surface area (Å²) in [4.78, 5) is 0. The van der Waals surface area contributed by atoms with Gasteiger partial charge in [-0.15, -0.1) is 10.2 Å². The first-order chi connectivity index (χ1) is 10.3. The van der Waals surface area contributed by atoms with Crippen LogP contribution in [0.25, 0.3) is 0 Å². The van der Waals surface area contributed by atoms with Gasteiger partial charge in [0.25, 0.3) is 0 Å². The fraction of sp³-hybridized carbons (Fsp3) is 0.667. The highest BCUT2D eigenvalue weighted by Gasteiger charge is 2.26. The van der Waals surface area contributed by atoms with Crippen LogP contribution < -0.4 is 5.32 Å². The van der Waals surface area contributed by atoms with E-state index in [1.807, 2.05) is 19.2 Å². The van der Waals surface area contributed by atoms with Gasteiger partial charge >= 0.3 is 0 Å². The lowest BCUT2D eigenvalue weighted by Gasteiger charge is -2.32. The van der Waals surface area contributed by atoms with Gasteiger partial charge in [0.05, 0.1) is 12.6 Å². The molecule has 6 heteroatoms. The predicted octanol–water partition coefficient (Wildman–Crippen LogP) is 2.08. The van der Waals surface area contributed by atoms with Gasteiger partial charge in [-0.25, -0.2) is 0 Å². The number of nitrogens with one attached hydrogen (secondary N) is 1. The molecule has 2 aromatic heterocycles. The Morgan fingerprint density at radius 2 is 2.14 bits per heavy atom. The summed E-state index contributed by atoms with van der Waals surface area (Å²) in [6, 6.07) is 2.91. The van der Waals surface area contributed by atoms with Crippen LogP contribution in [0.4, 0.5) is 0 Å². The van der Waals surface area contributed by atoms with E-state index in [0.717, 1.165) is 24.7 Å². The first-order valence-corrected chi connectivity index (χ1v) is 7.90. The molecular weight excluding hydrogens is 264 g/mol. The Kier molecular flexibility index (Phi) is 4.34. The summed E-state index contributed by atoms with van der Waals surface area (Å²) in [6.45, 7) is 5.83. The third-order valence-corrected chi connectivity index (χ3v) is 4.45.